The smallest absolute Gasteiger partial charge is 0.224 e. The fourth-order valence-electron chi connectivity index (χ4n) is 2.77. The average Bonchev–Trinajstić information content (AvgIpc) is 2.54. The van der Waals surface area contributed by atoms with Gasteiger partial charge in [0.25, 0.3) is 0 Å². The zero-order chi connectivity index (χ0) is 14.5. The van der Waals surface area contributed by atoms with Crippen molar-refractivity contribution in [2.24, 2.45) is 5.92 Å². The van der Waals surface area contributed by atoms with E-state index in [9.17, 15) is 4.79 Å². The van der Waals surface area contributed by atoms with Gasteiger partial charge >= 0.3 is 0 Å². The highest BCUT2D eigenvalue weighted by Crippen LogP contribution is 2.32. The van der Waals surface area contributed by atoms with Crippen molar-refractivity contribution in [1.29, 1.82) is 0 Å². The van der Waals surface area contributed by atoms with Crippen molar-refractivity contribution in [3.8, 4) is 11.5 Å². The maximum Gasteiger partial charge on any atom is 0.224 e. The summed E-state index contributed by atoms with van der Waals surface area (Å²) in [5.41, 5.74) is 0.762. The summed E-state index contributed by atoms with van der Waals surface area (Å²) in [5, 5.41) is 7.33. The van der Waals surface area contributed by atoms with Crippen LogP contribution in [-0.2, 0) is 4.79 Å². The quantitative estimate of drug-likeness (QED) is 0.924. The Morgan fingerprint density at radius 2 is 2.14 bits per heavy atom. The fraction of sp³-hybridized carbons (Fsp3) is 0.562. The Morgan fingerprint density at radius 1 is 1.29 bits per heavy atom. The summed E-state index contributed by atoms with van der Waals surface area (Å²) in [4.78, 5) is 12.0. The molecule has 1 amide bonds. The van der Waals surface area contributed by atoms with Crippen LogP contribution in [0.25, 0.3) is 0 Å². The van der Waals surface area contributed by atoms with Crippen LogP contribution >= 0.6 is 0 Å². The Bertz CT molecular complexity index is 498. The van der Waals surface area contributed by atoms with Gasteiger partial charge in [-0.15, -0.1) is 0 Å². The third kappa shape index (κ3) is 3.88. The minimum absolute atomic E-state index is 0.0530. The van der Waals surface area contributed by atoms with Crippen LogP contribution in [-0.4, -0.2) is 32.2 Å². The van der Waals surface area contributed by atoms with Gasteiger partial charge < -0.3 is 14.8 Å². The second kappa shape index (κ2) is 6.80. The van der Waals surface area contributed by atoms with E-state index in [0.29, 0.717) is 31.3 Å². The summed E-state index contributed by atoms with van der Waals surface area (Å²) >= 11 is 0. The molecular formula is C16H21N2O3. The van der Waals surface area contributed by atoms with Gasteiger partial charge in [0.2, 0.25) is 5.91 Å². The van der Waals surface area contributed by atoms with Crippen molar-refractivity contribution in [3.63, 3.8) is 0 Å². The molecule has 2 heterocycles. The Morgan fingerprint density at radius 3 is 2.95 bits per heavy atom. The molecule has 0 saturated carbocycles. The fourth-order valence-corrected chi connectivity index (χ4v) is 2.77. The van der Waals surface area contributed by atoms with E-state index in [-0.39, 0.29) is 5.91 Å². The summed E-state index contributed by atoms with van der Waals surface area (Å²) < 4.78 is 11.0. The summed E-state index contributed by atoms with van der Waals surface area (Å²) in [7, 11) is 0. The normalized spacial score (nSPS) is 20.9. The molecule has 1 unspecified atom stereocenters. The lowest BCUT2D eigenvalue weighted by molar-refractivity contribution is -0.116. The SMILES string of the molecule is O=C(CCC1CCC[N]C1)Nc1ccc2c(c1)OCCO2. The highest BCUT2D eigenvalue weighted by molar-refractivity contribution is 5.91. The molecule has 1 atom stereocenters. The molecule has 5 nitrogen and oxygen atoms in total. The van der Waals surface area contributed by atoms with Crippen LogP contribution in [0.2, 0.25) is 0 Å². The van der Waals surface area contributed by atoms with Crippen LogP contribution < -0.4 is 20.1 Å². The first-order chi connectivity index (χ1) is 10.3. The van der Waals surface area contributed by atoms with Gasteiger partial charge in [-0.05, 0) is 37.3 Å². The first-order valence-electron chi connectivity index (χ1n) is 7.64. The number of nitrogens with one attached hydrogen (secondary N) is 1. The summed E-state index contributed by atoms with van der Waals surface area (Å²) in [6, 6.07) is 5.51. The second-order valence-corrected chi connectivity index (χ2v) is 5.58. The zero-order valence-corrected chi connectivity index (χ0v) is 12.1. The van der Waals surface area contributed by atoms with Gasteiger partial charge in [0, 0.05) is 31.3 Å². The molecule has 1 radical (unpaired) electrons. The van der Waals surface area contributed by atoms with Crippen LogP contribution in [0.4, 0.5) is 5.69 Å². The number of ether oxygens (including phenoxy) is 2. The van der Waals surface area contributed by atoms with Crippen molar-refractivity contribution < 1.29 is 14.3 Å². The Hall–Kier alpha value is -1.75. The van der Waals surface area contributed by atoms with Crippen molar-refractivity contribution >= 4 is 11.6 Å². The predicted molar refractivity (Wildman–Crippen MR) is 79.9 cm³/mol. The number of carbonyl (C=O) groups excluding carboxylic acids is 1. The molecule has 1 saturated heterocycles. The van der Waals surface area contributed by atoms with Crippen LogP contribution in [0, 0.1) is 5.92 Å². The number of carbonyl (C=O) groups is 1. The molecule has 3 rings (SSSR count). The van der Waals surface area contributed by atoms with Crippen LogP contribution in [0.3, 0.4) is 0 Å². The number of piperidine rings is 1. The molecule has 1 aromatic carbocycles. The highest BCUT2D eigenvalue weighted by Gasteiger charge is 2.16. The number of nitrogens with zero attached hydrogens (tertiary/aromatic N) is 1. The zero-order valence-electron chi connectivity index (χ0n) is 12.1. The molecule has 0 aromatic heterocycles. The van der Waals surface area contributed by atoms with E-state index in [1.165, 1.54) is 6.42 Å². The maximum atomic E-state index is 12.0. The van der Waals surface area contributed by atoms with Crippen LogP contribution in [0.1, 0.15) is 25.7 Å². The lowest BCUT2D eigenvalue weighted by Crippen LogP contribution is -2.25. The molecule has 1 aromatic rings. The van der Waals surface area contributed by atoms with Gasteiger partial charge in [-0.1, -0.05) is 0 Å². The van der Waals surface area contributed by atoms with E-state index in [4.69, 9.17) is 9.47 Å². The molecule has 0 aliphatic carbocycles. The third-order valence-electron chi connectivity index (χ3n) is 3.92. The molecule has 0 bridgehead atoms. The van der Waals surface area contributed by atoms with Crippen molar-refractivity contribution in [1.82, 2.24) is 5.32 Å². The van der Waals surface area contributed by atoms with Gasteiger partial charge in [-0.25, -0.2) is 5.32 Å². The second-order valence-electron chi connectivity index (χ2n) is 5.58. The molecule has 21 heavy (non-hydrogen) atoms. The molecule has 0 spiro atoms. The van der Waals surface area contributed by atoms with Crippen LogP contribution in [0.5, 0.6) is 11.5 Å². The summed E-state index contributed by atoms with van der Waals surface area (Å²) in [6.45, 7) is 3.03. The van der Waals surface area contributed by atoms with E-state index in [1.54, 1.807) is 0 Å². The molecule has 1 fully saturated rings. The molecule has 5 heteroatoms. The molecular weight excluding hydrogens is 268 g/mol. The number of hydrogen-bond donors (Lipinski definition) is 1. The number of rotatable bonds is 4. The van der Waals surface area contributed by atoms with Gasteiger partial charge in [-0.2, -0.15) is 0 Å². The van der Waals surface area contributed by atoms with Gasteiger partial charge in [0.15, 0.2) is 11.5 Å². The average molecular weight is 289 g/mol. The maximum absolute atomic E-state index is 12.0. The lowest BCUT2D eigenvalue weighted by atomic mass is 9.94. The summed E-state index contributed by atoms with van der Waals surface area (Å²) in [5.74, 6) is 2.07. The van der Waals surface area contributed by atoms with Crippen molar-refractivity contribution in [2.75, 3.05) is 31.6 Å². The molecule has 2 aliphatic heterocycles. The number of hydrogen-bond acceptors (Lipinski definition) is 3. The minimum atomic E-state index is 0.0530. The Labute approximate surface area is 125 Å². The monoisotopic (exact) mass is 289 g/mol. The molecule has 2 aliphatic rings. The van der Waals surface area contributed by atoms with E-state index in [2.05, 4.69) is 10.6 Å². The van der Waals surface area contributed by atoms with Gasteiger partial charge in [0.1, 0.15) is 13.2 Å². The Kier molecular flexibility index (Phi) is 4.60. The standard InChI is InChI=1S/C16H21N2O3/c19-16(6-3-12-2-1-7-17-11-12)18-13-4-5-14-15(10-13)21-9-8-20-14/h4-5,10,12H,1-3,6-9,11H2,(H,18,19). The van der Waals surface area contributed by atoms with E-state index < -0.39 is 0 Å². The minimum Gasteiger partial charge on any atom is -0.486 e. The van der Waals surface area contributed by atoms with Crippen molar-refractivity contribution in [2.45, 2.75) is 25.7 Å². The van der Waals surface area contributed by atoms with Crippen LogP contribution in [0.15, 0.2) is 18.2 Å². The topological polar surface area (TPSA) is 61.7 Å². The third-order valence-corrected chi connectivity index (χ3v) is 3.92. The van der Waals surface area contributed by atoms with E-state index in [1.807, 2.05) is 18.2 Å². The Balaban J connectivity index is 1.50. The first-order valence-corrected chi connectivity index (χ1v) is 7.64. The van der Waals surface area contributed by atoms with Crippen molar-refractivity contribution in [3.05, 3.63) is 18.2 Å². The highest BCUT2D eigenvalue weighted by atomic mass is 16.6. The molecule has 1 N–H and O–H groups in total. The number of amides is 1. The summed E-state index contributed by atoms with van der Waals surface area (Å²) in [6.07, 6.45) is 3.82. The van der Waals surface area contributed by atoms with Gasteiger partial charge in [-0.3, -0.25) is 4.79 Å². The van der Waals surface area contributed by atoms with Gasteiger partial charge in [0.05, 0.1) is 0 Å². The number of anilines is 1. The number of benzene rings is 1. The first kappa shape index (κ1) is 14.2. The van der Waals surface area contributed by atoms with E-state index in [0.717, 1.165) is 37.4 Å². The lowest BCUT2D eigenvalue weighted by Gasteiger charge is -2.21. The predicted octanol–water partition coefficient (Wildman–Crippen LogP) is 2.19. The number of fused-ring (bicyclic) bond motifs is 1. The van der Waals surface area contributed by atoms with E-state index >= 15 is 0 Å². The largest absolute Gasteiger partial charge is 0.486 e. The molecule has 113 valence electrons.